The van der Waals surface area contributed by atoms with Gasteiger partial charge in [0.15, 0.2) is 5.69 Å². The lowest BCUT2D eigenvalue weighted by Gasteiger charge is -2.11. The lowest BCUT2D eigenvalue weighted by molar-refractivity contribution is 0.102. The predicted octanol–water partition coefficient (Wildman–Crippen LogP) is 3.54. The van der Waals surface area contributed by atoms with Crippen molar-refractivity contribution in [1.82, 2.24) is 10.2 Å². The molecule has 3 aromatic rings. The van der Waals surface area contributed by atoms with Crippen molar-refractivity contribution in [2.24, 2.45) is 0 Å². The highest BCUT2D eigenvalue weighted by atomic mass is 19.1. The number of anilines is 2. The van der Waals surface area contributed by atoms with Crippen molar-refractivity contribution in [2.45, 2.75) is 6.42 Å². The van der Waals surface area contributed by atoms with Crippen LogP contribution in [0.5, 0.6) is 11.5 Å². The van der Waals surface area contributed by atoms with Crippen molar-refractivity contribution in [2.75, 3.05) is 31.4 Å². The first-order valence-corrected chi connectivity index (χ1v) is 8.94. The molecule has 0 bridgehead atoms. The van der Waals surface area contributed by atoms with E-state index in [2.05, 4.69) is 20.8 Å². The van der Waals surface area contributed by atoms with Crippen LogP contribution in [0.15, 0.2) is 54.6 Å². The molecule has 2 N–H and O–H groups in total. The number of ether oxygens (including phenoxy) is 2. The quantitative estimate of drug-likeness (QED) is 0.606. The molecule has 29 heavy (non-hydrogen) atoms. The number of rotatable bonds is 8. The number of hydrogen-bond acceptors (Lipinski definition) is 6. The van der Waals surface area contributed by atoms with Crippen LogP contribution in [-0.4, -0.2) is 36.9 Å². The number of benzene rings is 2. The third-order valence-corrected chi connectivity index (χ3v) is 4.19. The minimum absolute atomic E-state index is 0.166. The van der Waals surface area contributed by atoms with Crippen molar-refractivity contribution < 1.29 is 18.7 Å². The normalized spacial score (nSPS) is 10.3. The van der Waals surface area contributed by atoms with Crippen molar-refractivity contribution in [1.29, 1.82) is 0 Å². The summed E-state index contributed by atoms with van der Waals surface area (Å²) in [6.45, 7) is 0.604. The van der Waals surface area contributed by atoms with E-state index in [-0.39, 0.29) is 11.5 Å². The van der Waals surface area contributed by atoms with Crippen molar-refractivity contribution in [3.8, 4) is 11.5 Å². The Kier molecular flexibility index (Phi) is 6.57. The summed E-state index contributed by atoms with van der Waals surface area (Å²) in [6.07, 6.45) is 0.708. The van der Waals surface area contributed by atoms with Crippen LogP contribution >= 0.6 is 0 Å². The summed E-state index contributed by atoms with van der Waals surface area (Å²) in [7, 11) is 3.06. The van der Waals surface area contributed by atoms with Crippen LogP contribution in [-0.2, 0) is 6.42 Å². The van der Waals surface area contributed by atoms with Crippen LogP contribution < -0.4 is 20.1 Å². The van der Waals surface area contributed by atoms with Crippen molar-refractivity contribution in [3.05, 3.63) is 71.7 Å². The molecule has 0 aliphatic carbocycles. The second-order valence-corrected chi connectivity index (χ2v) is 6.13. The van der Waals surface area contributed by atoms with E-state index in [0.29, 0.717) is 36.0 Å². The Morgan fingerprint density at radius 3 is 2.45 bits per heavy atom. The number of carbonyl (C=O) groups excluding carboxylic acids is 1. The molecular weight excluding hydrogens is 375 g/mol. The van der Waals surface area contributed by atoms with Crippen LogP contribution in [0, 0.1) is 5.82 Å². The summed E-state index contributed by atoms with van der Waals surface area (Å²) >= 11 is 0. The van der Waals surface area contributed by atoms with Gasteiger partial charge in [0.1, 0.15) is 23.1 Å². The third kappa shape index (κ3) is 5.41. The highest BCUT2D eigenvalue weighted by molar-refractivity contribution is 6.03. The molecule has 3 rings (SSSR count). The fourth-order valence-electron chi connectivity index (χ4n) is 2.63. The summed E-state index contributed by atoms with van der Waals surface area (Å²) in [4.78, 5) is 12.5. The van der Waals surface area contributed by atoms with Crippen LogP contribution in [0.25, 0.3) is 0 Å². The molecule has 2 aromatic carbocycles. The maximum absolute atomic E-state index is 12.9. The van der Waals surface area contributed by atoms with E-state index < -0.39 is 5.91 Å². The molecule has 0 unspecified atom stereocenters. The molecule has 0 spiro atoms. The molecule has 150 valence electrons. The van der Waals surface area contributed by atoms with E-state index in [1.807, 2.05) is 0 Å². The minimum Gasteiger partial charge on any atom is -0.497 e. The van der Waals surface area contributed by atoms with Crippen LogP contribution in [0.4, 0.5) is 15.9 Å². The van der Waals surface area contributed by atoms with E-state index in [1.54, 1.807) is 49.6 Å². The van der Waals surface area contributed by atoms with E-state index >= 15 is 0 Å². The average molecular weight is 396 g/mol. The third-order valence-electron chi connectivity index (χ3n) is 4.19. The molecule has 1 aromatic heterocycles. The maximum Gasteiger partial charge on any atom is 0.276 e. The van der Waals surface area contributed by atoms with Gasteiger partial charge in [-0.15, -0.1) is 10.2 Å². The summed E-state index contributed by atoms with van der Waals surface area (Å²) in [6, 6.07) is 14.7. The zero-order chi connectivity index (χ0) is 20.6. The number of hydrogen-bond donors (Lipinski definition) is 2. The zero-order valence-electron chi connectivity index (χ0n) is 16.1. The average Bonchev–Trinajstić information content (AvgIpc) is 2.75. The summed E-state index contributed by atoms with van der Waals surface area (Å²) < 4.78 is 23.3. The molecule has 0 saturated heterocycles. The smallest absolute Gasteiger partial charge is 0.276 e. The van der Waals surface area contributed by atoms with E-state index in [9.17, 15) is 9.18 Å². The molecule has 0 aliphatic rings. The first-order chi connectivity index (χ1) is 14.1. The van der Waals surface area contributed by atoms with Gasteiger partial charge < -0.3 is 20.1 Å². The second-order valence-electron chi connectivity index (χ2n) is 6.13. The Hall–Kier alpha value is -3.68. The van der Waals surface area contributed by atoms with E-state index in [4.69, 9.17) is 9.47 Å². The second kappa shape index (κ2) is 9.50. The largest absolute Gasteiger partial charge is 0.497 e. The first-order valence-electron chi connectivity index (χ1n) is 8.94. The summed E-state index contributed by atoms with van der Waals surface area (Å²) in [5.41, 5.74) is 1.65. The molecule has 0 fully saturated rings. The molecule has 0 saturated carbocycles. The lowest BCUT2D eigenvalue weighted by atomic mass is 10.1. The van der Waals surface area contributed by atoms with E-state index in [1.165, 1.54) is 19.2 Å². The lowest BCUT2D eigenvalue weighted by Crippen LogP contribution is -2.16. The van der Waals surface area contributed by atoms with Crippen molar-refractivity contribution >= 4 is 17.4 Å². The molecule has 8 heteroatoms. The first kappa shape index (κ1) is 20.1. The van der Waals surface area contributed by atoms with Crippen LogP contribution in [0.1, 0.15) is 16.1 Å². The van der Waals surface area contributed by atoms with E-state index in [0.717, 1.165) is 5.56 Å². The number of amides is 1. The van der Waals surface area contributed by atoms with Gasteiger partial charge in [-0.25, -0.2) is 4.39 Å². The van der Waals surface area contributed by atoms with Gasteiger partial charge in [0, 0.05) is 12.6 Å². The molecule has 0 radical (unpaired) electrons. The molecule has 1 heterocycles. The van der Waals surface area contributed by atoms with Gasteiger partial charge in [0.05, 0.1) is 19.9 Å². The number of nitrogens with one attached hydrogen (secondary N) is 2. The molecule has 7 nitrogen and oxygen atoms in total. The SMILES string of the molecule is COc1ccc(OC)c(NC(=O)c2ccc(NCCc3ccc(F)cc3)nn2)c1. The van der Waals surface area contributed by atoms with Crippen LogP contribution in [0.3, 0.4) is 0 Å². The minimum atomic E-state index is -0.415. The highest BCUT2D eigenvalue weighted by Crippen LogP contribution is 2.29. The Labute approximate surface area is 167 Å². The molecule has 0 atom stereocenters. The topological polar surface area (TPSA) is 85.4 Å². The molecule has 1 amide bonds. The summed E-state index contributed by atoms with van der Waals surface area (Å²) in [5, 5.41) is 13.9. The number of halogens is 1. The van der Waals surface area contributed by atoms with Crippen molar-refractivity contribution in [3.63, 3.8) is 0 Å². The zero-order valence-corrected chi connectivity index (χ0v) is 16.1. The van der Waals surface area contributed by atoms with Gasteiger partial charge in [-0.05, 0) is 48.4 Å². The van der Waals surface area contributed by atoms with Gasteiger partial charge in [-0.1, -0.05) is 12.1 Å². The number of methoxy groups -OCH3 is 2. The number of carbonyl (C=O) groups is 1. The Bertz CT molecular complexity index is 963. The molecule has 0 aliphatic heterocycles. The number of nitrogens with zero attached hydrogens (tertiary/aromatic N) is 2. The Morgan fingerprint density at radius 1 is 1.00 bits per heavy atom. The predicted molar refractivity (Wildman–Crippen MR) is 108 cm³/mol. The van der Waals surface area contributed by atoms with Gasteiger partial charge in [0.2, 0.25) is 0 Å². The van der Waals surface area contributed by atoms with Gasteiger partial charge in [-0.2, -0.15) is 0 Å². The fraction of sp³-hybridized carbons (Fsp3) is 0.190. The fourth-order valence-corrected chi connectivity index (χ4v) is 2.63. The van der Waals surface area contributed by atoms with Gasteiger partial charge in [-0.3, -0.25) is 4.79 Å². The highest BCUT2D eigenvalue weighted by Gasteiger charge is 2.13. The standard InChI is InChI=1S/C21H21FN4O3/c1-28-16-7-9-19(29-2)18(13-16)24-21(27)17-8-10-20(26-25-17)23-12-11-14-3-5-15(22)6-4-14/h3-10,13H,11-12H2,1-2H3,(H,23,26)(H,24,27). The molecular formula is C21H21FN4O3. The van der Waals surface area contributed by atoms with Gasteiger partial charge >= 0.3 is 0 Å². The van der Waals surface area contributed by atoms with Crippen LogP contribution in [0.2, 0.25) is 0 Å². The Morgan fingerprint density at radius 2 is 1.79 bits per heavy atom. The summed E-state index contributed by atoms with van der Waals surface area (Å²) in [5.74, 6) is 0.969. The Balaban J connectivity index is 1.58. The van der Waals surface area contributed by atoms with Gasteiger partial charge in [0.25, 0.3) is 5.91 Å². The number of aromatic nitrogens is 2. The maximum atomic E-state index is 12.9. The monoisotopic (exact) mass is 396 g/mol.